The second-order valence-electron chi connectivity index (χ2n) is 4.52. The van der Waals surface area contributed by atoms with Crippen molar-refractivity contribution in [2.24, 2.45) is 0 Å². The number of aryl methyl sites for hydroxylation is 2. The van der Waals surface area contributed by atoms with Crippen LogP contribution in [0, 0.1) is 13.8 Å². The van der Waals surface area contributed by atoms with Gasteiger partial charge in [-0.25, -0.2) is 4.98 Å². The van der Waals surface area contributed by atoms with Crippen LogP contribution in [0.4, 0.5) is 0 Å². The van der Waals surface area contributed by atoms with Crippen LogP contribution >= 0.6 is 22.9 Å². The van der Waals surface area contributed by atoms with Crippen LogP contribution in [-0.4, -0.2) is 4.98 Å². The van der Waals surface area contributed by atoms with Gasteiger partial charge in [-0.2, -0.15) is 0 Å². The summed E-state index contributed by atoms with van der Waals surface area (Å²) in [6.07, 6.45) is 0. The summed E-state index contributed by atoms with van der Waals surface area (Å²) in [5, 5.41) is 7.47. The maximum absolute atomic E-state index is 6.21. The Morgan fingerprint density at radius 1 is 1.39 bits per heavy atom. The fourth-order valence-corrected chi connectivity index (χ4v) is 2.85. The van der Waals surface area contributed by atoms with E-state index in [0.717, 1.165) is 27.8 Å². The zero-order chi connectivity index (χ0) is 13.1. The van der Waals surface area contributed by atoms with Crippen molar-refractivity contribution in [2.75, 3.05) is 0 Å². The second kappa shape index (κ2) is 5.83. The third-order valence-electron chi connectivity index (χ3n) is 2.81. The minimum absolute atomic E-state index is 0.251. The van der Waals surface area contributed by atoms with Gasteiger partial charge in [-0.3, -0.25) is 0 Å². The lowest BCUT2D eigenvalue weighted by molar-refractivity contribution is 0.571. The van der Waals surface area contributed by atoms with Crippen LogP contribution < -0.4 is 5.32 Å². The van der Waals surface area contributed by atoms with Crippen molar-refractivity contribution < 1.29 is 0 Å². The minimum atomic E-state index is 0.251. The number of aromatic nitrogens is 1. The van der Waals surface area contributed by atoms with E-state index in [1.54, 1.807) is 11.3 Å². The number of hydrogen-bond acceptors (Lipinski definition) is 3. The first kappa shape index (κ1) is 13.5. The lowest BCUT2D eigenvalue weighted by Gasteiger charge is -2.12. The summed E-state index contributed by atoms with van der Waals surface area (Å²) in [5.41, 5.74) is 3.40. The van der Waals surface area contributed by atoms with E-state index < -0.39 is 0 Å². The van der Waals surface area contributed by atoms with Crippen molar-refractivity contribution >= 4 is 22.9 Å². The van der Waals surface area contributed by atoms with Crippen molar-refractivity contribution in [1.29, 1.82) is 0 Å². The molecule has 0 radical (unpaired) electrons. The summed E-state index contributed by atoms with van der Waals surface area (Å²) in [7, 11) is 0. The van der Waals surface area contributed by atoms with Gasteiger partial charge in [-0.15, -0.1) is 11.3 Å². The zero-order valence-electron chi connectivity index (χ0n) is 10.8. The molecule has 1 N–H and O–H groups in total. The third kappa shape index (κ3) is 3.31. The molecule has 96 valence electrons. The zero-order valence-corrected chi connectivity index (χ0v) is 12.4. The van der Waals surface area contributed by atoms with Crippen LogP contribution in [0.3, 0.4) is 0 Å². The van der Waals surface area contributed by atoms with Gasteiger partial charge in [0, 0.05) is 22.6 Å². The fourth-order valence-electron chi connectivity index (χ4n) is 1.72. The summed E-state index contributed by atoms with van der Waals surface area (Å²) < 4.78 is 0. The lowest BCUT2D eigenvalue weighted by Crippen LogP contribution is -2.18. The first-order valence-electron chi connectivity index (χ1n) is 5.96. The quantitative estimate of drug-likeness (QED) is 0.905. The Balaban J connectivity index is 1.99. The van der Waals surface area contributed by atoms with Gasteiger partial charge < -0.3 is 5.32 Å². The second-order valence-corrected chi connectivity index (χ2v) is 5.82. The molecule has 1 aromatic carbocycles. The Hall–Kier alpha value is -0.900. The van der Waals surface area contributed by atoms with Gasteiger partial charge in [0.25, 0.3) is 0 Å². The molecule has 2 nitrogen and oxygen atoms in total. The molecule has 1 unspecified atom stereocenters. The molecule has 0 amide bonds. The van der Waals surface area contributed by atoms with Crippen LogP contribution in [0.2, 0.25) is 5.02 Å². The molecule has 2 rings (SSSR count). The van der Waals surface area contributed by atoms with Gasteiger partial charge in [0.2, 0.25) is 0 Å². The number of benzene rings is 1. The molecule has 18 heavy (non-hydrogen) atoms. The Labute approximate surface area is 117 Å². The highest BCUT2D eigenvalue weighted by Crippen LogP contribution is 2.21. The van der Waals surface area contributed by atoms with Gasteiger partial charge in [-0.05, 0) is 38.0 Å². The molecule has 1 heterocycles. The van der Waals surface area contributed by atoms with E-state index in [-0.39, 0.29) is 6.04 Å². The SMILES string of the molecule is Cc1ccc(CNC(C)c2nc(C)cs2)c(Cl)c1. The molecule has 2 aromatic rings. The molecule has 1 atom stereocenters. The smallest absolute Gasteiger partial charge is 0.110 e. The van der Waals surface area contributed by atoms with E-state index in [4.69, 9.17) is 11.6 Å². The Bertz CT molecular complexity index is 536. The van der Waals surface area contributed by atoms with Crippen LogP contribution in [0.25, 0.3) is 0 Å². The molecule has 1 aromatic heterocycles. The third-order valence-corrected chi connectivity index (χ3v) is 4.31. The molecular formula is C14H17ClN2S. The average molecular weight is 281 g/mol. The summed E-state index contributed by atoms with van der Waals surface area (Å²) in [4.78, 5) is 4.48. The number of halogens is 1. The van der Waals surface area contributed by atoms with Gasteiger partial charge >= 0.3 is 0 Å². The first-order chi connectivity index (χ1) is 8.56. The number of hydrogen-bond donors (Lipinski definition) is 1. The molecule has 0 aliphatic carbocycles. The van der Waals surface area contributed by atoms with Crippen LogP contribution in [0.1, 0.15) is 34.8 Å². The Morgan fingerprint density at radius 2 is 2.17 bits per heavy atom. The predicted octanol–water partition coefficient (Wildman–Crippen LogP) is 4.26. The van der Waals surface area contributed by atoms with E-state index in [1.807, 2.05) is 19.9 Å². The molecule has 0 bridgehead atoms. The topological polar surface area (TPSA) is 24.9 Å². The molecule has 4 heteroatoms. The maximum Gasteiger partial charge on any atom is 0.110 e. The van der Waals surface area contributed by atoms with E-state index in [0.29, 0.717) is 0 Å². The summed E-state index contributed by atoms with van der Waals surface area (Å²) in [6, 6.07) is 6.41. The van der Waals surface area contributed by atoms with Crippen LogP contribution in [0.5, 0.6) is 0 Å². The Kier molecular flexibility index (Phi) is 4.38. The molecule has 0 saturated carbocycles. The minimum Gasteiger partial charge on any atom is -0.304 e. The van der Waals surface area contributed by atoms with Crippen LogP contribution in [0.15, 0.2) is 23.6 Å². The molecular weight excluding hydrogens is 264 g/mol. The summed E-state index contributed by atoms with van der Waals surface area (Å²) >= 11 is 7.90. The first-order valence-corrected chi connectivity index (χ1v) is 7.22. The van der Waals surface area contributed by atoms with E-state index in [2.05, 4.69) is 34.7 Å². The Morgan fingerprint density at radius 3 is 2.78 bits per heavy atom. The van der Waals surface area contributed by atoms with Crippen molar-refractivity contribution in [2.45, 2.75) is 33.4 Å². The average Bonchev–Trinajstić information content (AvgIpc) is 2.74. The predicted molar refractivity (Wildman–Crippen MR) is 78.3 cm³/mol. The van der Waals surface area contributed by atoms with Crippen molar-refractivity contribution in [3.63, 3.8) is 0 Å². The molecule has 0 aliphatic rings. The lowest BCUT2D eigenvalue weighted by atomic mass is 10.1. The molecule has 0 fully saturated rings. The van der Waals surface area contributed by atoms with Crippen molar-refractivity contribution in [3.8, 4) is 0 Å². The van der Waals surface area contributed by atoms with Crippen molar-refractivity contribution in [1.82, 2.24) is 10.3 Å². The summed E-state index contributed by atoms with van der Waals surface area (Å²) in [5.74, 6) is 0. The van der Waals surface area contributed by atoms with E-state index in [1.165, 1.54) is 5.56 Å². The van der Waals surface area contributed by atoms with Gasteiger partial charge in [0.1, 0.15) is 5.01 Å². The number of thiazole rings is 1. The standard InChI is InChI=1S/C14H17ClN2S/c1-9-4-5-12(13(15)6-9)7-16-11(3)14-17-10(2)8-18-14/h4-6,8,11,16H,7H2,1-3H3. The van der Waals surface area contributed by atoms with E-state index >= 15 is 0 Å². The highest BCUT2D eigenvalue weighted by atomic mass is 35.5. The van der Waals surface area contributed by atoms with E-state index in [9.17, 15) is 0 Å². The monoisotopic (exact) mass is 280 g/mol. The van der Waals surface area contributed by atoms with Gasteiger partial charge in [0.15, 0.2) is 0 Å². The van der Waals surface area contributed by atoms with Crippen molar-refractivity contribution in [3.05, 3.63) is 50.4 Å². The normalized spacial score (nSPS) is 12.7. The van der Waals surface area contributed by atoms with Crippen LogP contribution in [-0.2, 0) is 6.54 Å². The molecule has 0 aliphatic heterocycles. The number of nitrogens with one attached hydrogen (secondary N) is 1. The van der Waals surface area contributed by atoms with Gasteiger partial charge in [0.05, 0.1) is 6.04 Å². The summed E-state index contributed by atoms with van der Waals surface area (Å²) in [6.45, 7) is 6.95. The highest BCUT2D eigenvalue weighted by Gasteiger charge is 2.09. The highest BCUT2D eigenvalue weighted by molar-refractivity contribution is 7.09. The largest absolute Gasteiger partial charge is 0.304 e. The fraction of sp³-hybridized carbons (Fsp3) is 0.357. The number of rotatable bonds is 4. The number of nitrogens with zero attached hydrogens (tertiary/aromatic N) is 1. The molecule has 0 saturated heterocycles. The van der Waals surface area contributed by atoms with Gasteiger partial charge in [-0.1, -0.05) is 23.7 Å². The molecule has 0 spiro atoms. The maximum atomic E-state index is 6.21.